The number of ether oxygens (including phenoxy) is 2. The summed E-state index contributed by atoms with van der Waals surface area (Å²) in [4.78, 5) is 13.6. The highest BCUT2D eigenvalue weighted by Crippen LogP contribution is 2.30. The fourth-order valence-corrected chi connectivity index (χ4v) is 4.53. The molecule has 0 aliphatic carbocycles. The van der Waals surface area contributed by atoms with E-state index >= 15 is 0 Å². The van der Waals surface area contributed by atoms with Gasteiger partial charge in [-0.25, -0.2) is 0 Å². The lowest BCUT2D eigenvalue weighted by Gasteiger charge is -2.11. The molecule has 7 nitrogen and oxygen atoms in total. The number of benzene rings is 2. The number of aromatic nitrogens is 2. The van der Waals surface area contributed by atoms with Crippen molar-refractivity contribution in [2.45, 2.75) is 24.7 Å². The van der Waals surface area contributed by atoms with Crippen molar-refractivity contribution < 1.29 is 14.3 Å². The molecule has 3 aromatic rings. The van der Waals surface area contributed by atoms with Crippen molar-refractivity contribution in [3.05, 3.63) is 63.6 Å². The summed E-state index contributed by atoms with van der Waals surface area (Å²) in [5.74, 6) is 1.30. The van der Waals surface area contributed by atoms with Gasteiger partial charge in [-0.2, -0.15) is 5.26 Å². The van der Waals surface area contributed by atoms with Crippen LogP contribution in [0.4, 0.5) is 5.13 Å². The van der Waals surface area contributed by atoms with Gasteiger partial charge in [-0.15, -0.1) is 22.0 Å². The van der Waals surface area contributed by atoms with Gasteiger partial charge in [0.05, 0.1) is 13.7 Å². The summed E-state index contributed by atoms with van der Waals surface area (Å²) < 4.78 is 11.3. The minimum atomic E-state index is -0.541. The number of halogens is 1. The molecule has 1 N–H and O–H groups in total. The maximum atomic E-state index is 12.5. The second-order valence-corrected chi connectivity index (χ2v) is 9.60. The quantitative estimate of drug-likeness (QED) is 0.148. The van der Waals surface area contributed by atoms with Crippen LogP contribution in [-0.2, 0) is 11.2 Å². The van der Waals surface area contributed by atoms with Crippen molar-refractivity contribution in [3.8, 4) is 17.6 Å². The molecule has 0 atom stereocenters. The Labute approximate surface area is 211 Å². The molecule has 3 rings (SSSR count). The number of nitrogens with one attached hydrogen (secondary N) is 1. The Balaban J connectivity index is 1.61. The van der Waals surface area contributed by atoms with Crippen molar-refractivity contribution in [2.75, 3.05) is 24.8 Å². The lowest BCUT2D eigenvalue weighted by Crippen LogP contribution is -2.13. The van der Waals surface area contributed by atoms with Crippen LogP contribution in [0.3, 0.4) is 0 Å². The number of thioether (sulfide) groups is 1. The third-order valence-electron chi connectivity index (χ3n) is 4.44. The number of carbonyl (C=O) groups excluding carboxylic acids is 1. The van der Waals surface area contributed by atoms with Crippen LogP contribution in [0.5, 0.6) is 11.5 Å². The molecule has 0 aliphatic rings. The summed E-state index contributed by atoms with van der Waals surface area (Å²) in [5.41, 5.74) is 0.581. The molecule has 10 heteroatoms. The fourth-order valence-electron chi connectivity index (χ4n) is 2.83. The number of rotatable bonds is 11. The van der Waals surface area contributed by atoms with Crippen LogP contribution in [0, 0.1) is 11.3 Å². The summed E-state index contributed by atoms with van der Waals surface area (Å²) in [6.07, 6.45) is 3.23. The highest BCUT2D eigenvalue weighted by molar-refractivity contribution is 7.99. The number of hydrogen-bond donors (Lipinski definition) is 1. The summed E-state index contributed by atoms with van der Waals surface area (Å²) in [7, 11) is 1.54. The van der Waals surface area contributed by atoms with Crippen molar-refractivity contribution in [1.29, 1.82) is 5.26 Å². The average molecular weight is 515 g/mol. The molecule has 0 spiro atoms. The Kier molecular flexibility index (Phi) is 9.76. The van der Waals surface area contributed by atoms with Crippen LogP contribution in [-0.4, -0.2) is 35.6 Å². The molecule has 0 radical (unpaired) electrons. The van der Waals surface area contributed by atoms with Crippen molar-refractivity contribution >= 4 is 51.8 Å². The minimum Gasteiger partial charge on any atom is -0.493 e. The monoisotopic (exact) mass is 514 g/mol. The zero-order valence-electron chi connectivity index (χ0n) is 18.7. The predicted octanol–water partition coefficient (Wildman–Crippen LogP) is 5.87. The standard InChI is InChI=1S/C24H23ClN4O3S2/c1-3-4-22-28-29-24(34-22)27-23(30)17(15-26)13-16-5-10-20(21(14-16)31-2)32-11-12-33-19-8-6-18(25)7-9-19/h5-10,13-14H,3-4,11-12H2,1-2H3,(H,27,29,30)/b17-13-. The van der Waals surface area contributed by atoms with Crippen molar-refractivity contribution in [3.63, 3.8) is 0 Å². The van der Waals surface area contributed by atoms with Gasteiger partial charge in [0, 0.05) is 22.1 Å². The maximum absolute atomic E-state index is 12.5. The highest BCUT2D eigenvalue weighted by atomic mass is 35.5. The molecule has 2 aromatic carbocycles. The Morgan fingerprint density at radius 3 is 2.74 bits per heavy atom. The van der Waals surface area contributed by atoms with E-state index in [4.69, 9.17) is 21.1 Å². The van der Waals surface area contributed by atoms with Gasteiger partial charge >= 0.3 is 0 Å². The SMILES string of the molecule is CCCc1nnc(NC(=O)/C(C#N)=C\c2ccc(OCCSc3ccc(Cl)cc3)c(OC)c2)s1. The molecular weight excluding hydrogens is 492 g/mol. The number of anilines is 1. The normalized spacial score (nSPS) is 11.1. The van der Waals surface area contributed by atoms with E-state index in [1.54, 1.807) is 37.1 Å². The molecule has 1 aromatic heterocycles. The van der Waals surface area contributed by atoms with Gasteiger partial charge in [0.15, 0.2) is 11.5 Å². The number of nitrogens with zero attached hydrogens (tertiary/aromatic N) is 3. The number of hydrogen-bond acceptors (Lipinski definition) is 8. The number of amides is 1. The predicted molar refractivity (Wildman–Crippen MR) is 137 cm³/mol. The van der Waals surface area contributed by atoms with Gasteiger partial charge in [0.1, 0.15) is 16.6 Å². The van der Waals surface area contributed by atoms with E-state index < -0.39 is 5.91 Å². The lowest BCUT2D eigenvalue weighted by molar-refractivity contribution is -0.112. The van der Waals surface area contributed by atoms with Gasteiger partial charge in [-0.1, -0.05) is 35.9 Å². The number of methoxy groups -OCH3 is 1. The fraction of sp³-hybridized carbons (Fsp3) is 0.250. The van der Waals surface area contributed by atoms with Gasteiger partial charge < -0.3 is 9.47 Å². The molecule has 176 valence electrons. The van der Waals surface area contributed by atoms with Crippen LogP contribution >= 0.6 is 34.7 Å². The van der Waals surface area contributed by atoms with Crippen LogP contribution < -0.4 is 14.8 Å². The first-order valence-corrected chi connectivity index (χ1v) is 12.6. The maximum Gasteiger partial charge on any atom is 0.268 e. The number of nitriles is 1. The average Bonchev–Trinajstić information content (AvgIpc) is 3.28. The molecule has 0 unspecified atom stereocenters. The van der Waals surface area contributed by atoms with Gasteiger partial charge in [0.25, 0.3) is 5.91 Å². The number of carbonyl (C=O) groups is 1. The van der Waals surface area contributed by atoms with Crippen LogP contribution in [0.25, 0.3) is 6.08 Å². The summed E-state index contributed by atoms with van der Waals surface area (Å²) in [5, 5.41) is 22.0. The van der Waals surface area contributed by atoms with Gasteiger partial charge in [0.2, 0.25) is 5.13 Å². The van der Waals surface area contributed by atoms with E-state index in [0.717, 1.165) is 28.5 Å². The number of aryl methyl sites for hydroxylation is 1. The summed E-state index contributed by atoms with van der Waals surface area (Å²) in [6, 6.07) is 14.8. The first kappa shape index (κ1) is 25.6. The zero-order valence-corrected chi connectivity index (χ0v) is 21.1. The second kappa shape index (κ2) is 13.0. The summed E-state index contributed by atoms with van der Waals surface area (Å²) >= 11 is 8.87. The first-order valence-electron chi connectivity index (χ1n) is 10.5. The van der Waals surface area contributed by atoms with E-state index in [-0.39, 0.29) is 5.57 Å². The van der Waals surface area contributed by atoms with E-state index in [0.29, 0.717) is 33.8 Å². The molecule has 1 amide bonds. The van der Waals surface area contributed by atoms with E-state index in [1.807, 2.05) is 37.3 Å². The largest absolute Gasteiger partial charge is 0.493 e. The lowest BCUT2D eigenvalue weighted by atomic mass is 10.1. The van der Waals surface area contributed by atoms with Crippen LogP contribution in [0.1, 0.15) is 23.9 Å². The molecule has 34 heavy (non-hydrogen) atoms. The molecule has 0 saturated heterocycles. The first-order chi connectivity index (χ1) is 16.5. The van der Waals surface area contributed by atoms with Crippen LogP contribution in [0.15, 0.2) is 52.9 Å². The minimum absolute atomic E-state index is 0.0534. The summed E-state index contributed by atoms with van der Waals surface area (Å²) in [6.45, 7) is 2.52. The molecular formula is C24H23ClN4O3S2. The van der Waals surface area contributed by atoms with Gasteiger partial charge in [-0.3, -0.25) is 10.1 Å². The second-order valence-electron chi connectivity index (χ2n) is 6.94. The topological polar surface area (TPSA) is 97.1 Å². The van der Waals surface area contributed by atoms with E-state index in [1.165, 1.54) is 17.4 Å². The zero-order chi connectivity index (χ0) is 24.3. The third-order valence-corrected chi connectivity index (χ3v) is 6.56. The molecule has 0 bridgehead atoms. The molecule has 1 heterocycles. The highest BCUT2D eigenvalue weighted by Gasteiger charge is 2.14. The van der Waals surface area contributed by atoms with Crippen LogP contribution in [0.2, 0.25) is 5.02 Å². The Bertz CT molecular complexity index is 1190. The third kappa shape index (κ3) is 7.48. The molecule has 0 aliphatic heterocycles. The molecule has 0 saturated carbocycles. The van der Waals surface area contributed by atoms with Crippen molar-refractivity contribution in [2.24, 2.45) is 0 Å². The van der Waals surface area contributed by atoms with Crippen molar-refractivity contribution in [1.82, 2.24) is 10.2 Å². The smallest absolute Gasteiger partial charge is 0.268 e. The van der Waals surface area contributed by atoms with Gasteiger partial charge in [-0.05, 0) is 54.5 Å². The van der Waals surface area contributed by atoms with E-state index in [9.17, 15) is 10.1 Å². The Morgan fingerprint density at radius 2 is 2.03 bits per heavy atom. The Morgan fingerprint density at radius 1 is 1.24 bits per heavy atom. The Hall–Kier alpha value is -3.06. The molecule has 0 fully saturated rings. The van der Waals surface area contributed by atoms with E-state index in [2.05, 4.69) is 15.5 Å².